The molecule has 0 saturated carbocycles. The molecular weight excluding hydrogens is 350 g/mol. The van der Waals surface area contributed by atoms with Crippen molar-refractivity contribution in [2.45, 2.75) is 26.7 Å². The summed E-state index contributed by atoms with van der Waals surface area (Å²) in [5.74, 6) is 2.25. The first-order valence-corrected chi connectivity index (χ1v) is 8.56. The second-order valence-electron chi connectivity index (χ2n) is 5.40. The van der Waals surface area contributed by atoms with Crippen LogP contribution in [0.15, 0.2) is 16.6 Å². The van der Waals surface area contributed by atoms with Gasteiger partial charge in [0.25, 0.3) is 0 Å². The van der Waals surface area contributed by atoms with Crippen LogP contribution >= 0.6 is 28.1 Å². The molecular formula is C16H22BrNO2S. The Morgan fingerprint density at radius 1 is 1.38 bits per heavy atom. The lowest BCUT2D eigenvalue weighted by atomic mass is 9.99. The van der Waals surface area contributed by atoms with Crippen LogP contribution in [0.5, 0.6) is 11.5 Å². The van der Waals surface area contributed by atoms with Crippen LogP contribution in [-0.2, 0) is 0 Å². The van der Waals surface area contributed by atoms with E-state index in [9.17, 15) is 0 Å². The highest BCUT2D eigenvalue weighted by atomic mass is 79.9. The van der Waals surface area contributed by atoms with E-state index in [1.165, 1.54) is 12.8 Å². The van der Waals surface area contributed by atoms with Crippen molar-refractivity contribution < 1.29 is 9.47 Å². The van der Waals surface area contributed by atoms with Gasteiger partial charge in [0.2, 0.25) is 0 Å². The van der Waals surface area contributed by atoms with Crippen molar-refractivity contribution >= 4 is 33.1 Å². The van der Waals surface area contributed by atoms with E-state index in [1.807, 2.05) is 19.1 Å². The predicted octanol–water partition coefficient (Wildman–Crippen LogP) is 4.26. The van der Waals surface area contributed by atoms with Crippen molar-refractivity contribution in [3.63, 3.8) is 0 Å². The van der Waals surface area contributed by atoms with E-state index in [-0.39, 0.29) is 0 Å². The normalized spacial score (nSPS) is 15.9. The molecule has 0 atom stereocenters. The molecule has 116 valence electrons. The summed E-state index contributed by atoms with van der Waals surface area (Å²) in [5, 5.41) is 0. The van der Waals surface area contributed by atoms with Crippen LogP contribution in [0.25, 0.3) is 0 Å². The zero-order chi connectivity index (χ0) is 15.4. The van der Waals surface area contributed by atoms with E-state index in [0.717, 1.165) is 39.8 Å². The van der Waals surface area contributed by atoms with Crippen molar-refractivity contribution in [1.29, 1.82) is 0 Å². The van der Waals surface area contributed by atoms with Gasteiger partial charge in [0.05, 0.1) is 18.2 Å². The fraction of sp³-hybridized carbons (Fsp3) is 0.562. The number of benzene rings is 1. The van der Waals surface area contributed by atoms with Gasteiger partial charge in [-0.15, -0.1) is 0 Å². The second kappa shape index (κ2) is 7.45. The maximum absolute atomic E-state index is 5.66. The fourth-order valence-corrected chi connectivity index (χ4v) is 3.38. The molecule has 0 aromatic heterocycles. The van der Waals surface area contributed by atoms with Crippen molar-refractivity contribution in [3.8, 4) is 11.5 Å². The number of rotatable bonds is 4. The molecule has 1 saturated heterocycles. The Morgan fingerprint density at radius 3 is 2.62 bits per heavy atom. The van der Waals surface area contributed by atoms with Crippen molar-refractivity contribution in [2.24, 2.45) is 5.92 Å². The highest BCUT2D eigenvalue weighted by molar-refractivity contribution is 9.10. The summed E-state index contributed by atoms with van der Waals surface area (Å²) < 4.78 is 11.9. The van der Waals surface area contributed by atoms with Crippen molar-refractivity contribution in [2.75, 3.05) is 26.8 Å². The molecule has 1 aromatic rings. The van der Waals surface area contributed by atoms with Gasteiger partial charge in [-0.25, -0.2) is 0 Å². The van der Waals surface area contributed by atoms with E-state index in [0.29, 0.717) is 12.4 Å². The molecule has 0 unspecified atom stereocenters. The summed E-state index contributed by atoms with van der Waals surface area (Å²) in [6, 6.07) is 3.99. The van der Waals surface area contributed by atoms with Gasteiger partial charge < -0.3 is 14.4 Å². The molecule has 1 heterocycles. The SMILES string of the molecule is CCOc1c(Br)cc(C(=S)N2CCC(C)CC2)cc1OC. The van der Waals surface area contributed by atoms with Crippen LogP contribution < -0.4 is 9.47 Å². The molecule has 21 heavy (non-hydrogen) atoms. The Kier molecular flexibility index (Phi) is 5.88. The molecule has 5 heteroatoms. The molecule has 1 fully saturated rings. The fourth-order valence-electron chi connectivity index (χ4n) is 2.52. The van der Waals surface area contributed by atoms with Crippen LogP contribution in [0, 0.1) is 5.92 Å². The first kappa shape index (κ1) is 16.6. The number of hydrogen-bond acceptors (Lipinski definition) is 3. The average Bonchev–Trinajstić information content (AvgIpc) is 2.49. The van der Waals surface area contributed by atoms with Crippen LogP contribution in [0.3, 0.4) is 0 Å². The Bertz CT molecular complexity index is 513. The molecule has 0 amide bonds. The Morgan fingerprint density at radius 2 is 2.05 bits per heavy atom. The molecule has 0 radical (unpaired) electrons. The molecule has 3 nitrogen and oxygen atoms in total. The van der Waals surface area contributed by atoms with E-state index in [1.54, 1.807) is 7.11 Å². The number of methoxy groups -OCH3 is 1. The van der Waals surface area contributed by atoms with Crippen molar-refractivity contribution in [1.82, 2.24) is 4.90 Å². The lowest BCUT2D eigenvalue weighted by Gasteiger charge is -2.32. The van der Waals surface area contributed by atoms with Crippen LogP contribution in [0.2, 0.25) is 0 Å². The van der Waals surface area contributed by atoms with Gasteiger partial charge in [-0.2, -0.15) is 0 Å². The van der Waals surface area contributed by atoms with Gasteiger partial charge in [-0.1, -0.05) is 19.1 Å². The molecule has 1 aromatic carbocycles. The largest absolute Gasteiger partial charge is 0.493 e. The number of nitrogens with zero attached hydrogens (tertiary/aromatic N) is 1. The maximum Gasteiger partial charge on any atom is 0.175 e. The highest BCUT2D eigenvalue weighted by Crippen LogP contribution is 2.37. The number of likely N-dealkylation sites (tertiary alicyclic amines) is 1. The lowest BCUT2D eigenvalue weighted by Crippen LogP contribution is -2.37. The monoisotopic (exact) mass is 371 g/mol. The van der Waals surface area contributed by atoms with Gasteiger partial charge in [-0.3, -0.25) is 0 Å². The first-order valence-electron chi connectivity index (χ1n) is 7.36. The van der Waals surface area contributed by atoms with Crippen LogP contribution in [0.1, 0.15) is 32.3 Å². The summed E-state index contributed by atoms with van der Waals surface area (Å²) >= 11 is 9.22. The Hall–Kier alpha value is -0.810. The van der Waals surface area contributed by atoms with Gasteiger partial charge in [0.15, 0.2) is 11.5 Å². The highest BCUT2D eigenvalue weighted by Gasteiger charge is 2.21. The summed E-state index contributed by atoms with van der Waals surface area (Å²) in [4.78, 5) is 3.18. The van der Waals surface area contributed by atoms with E-state index < -0.39 is 0 Å². The smallest absolute Gasteiger partial charge is 0.175 e. The molecule has 0 aliphatic carbocycles. The number of thiocarbonyl (C=S) groups is 1. The Balaban J connectivity index is 2.23. The summed E-state index contributed by atoms with van der Waals surface area (Å²) in [6.07, 6.45) is 2.41. The maximum atomic E-state index is 5.66. The van der Waals surface area contributed by atoms with E-state index in [4.69, 9.17) is 21.7 Å². The van der Waals surface area contributed by atoms with Crippen LogP contribution in [-0.4, -0.2) is 36.7 Å². The lowest BCUT2D eigenvalue weighted by molar-refractivity contribution is 0.284. The number of halogens is 1. The summed E-state index contributed by atoms with van der Waals surface area (Å²) in [6.45, 7) is 6.93. The zero-order valence-electron chi connectivity index (χ0n) is 12.8. The standard InChI is InChI=1S/C16H22BrNO2S/c1-4-20-15-13(17)9-12(10-14(15)19-3)16(21)18-7-5-11(2)6-8-18/h9-11H,4-8H2,1-3H3. The molecule has 0 spiro atoms. The number of piperidine rings is 1. The molecule has 1 aliphatic rings. The number of ether oxygens (including phenoxy) is 2. The first-order chi connectivity index (χ1) is 10.1. The quantitative estimate of drug-likeness (QED) is 0.736. The molecule has 2 rings (SSSR count). The van der Waals surface area contributed by atoms with Gasteiger partial charge in [0.1, 0.15) is 4.99 Å². The van der Waals surface area contributed by atoms with Gasteiger partial charge in [0, 0.05) is 18.7 Å². The van der Waals surface area contributed by atoms with Gasteiger partial charge >= 0.3 is 0 Å². The molecule has 0 bridgehead atoms. The average molecular weight is 372 g/mol. The predicted molar refractivity (Wildman–Crippen MR) is 93.5 cm³/mol. The molecule has 1 aliphatic heterocycles. The minimum absolute atomic E-state index is 0.600. The van der Waals surface area contributed by atoms with Crippen molar-refractivity contribution in [3.05, 3.63) is 22.2 Å². The topological polar surface area (TPSA) is 21.7 Å². The van der Waals surface area contributed by atoms with Gasteiger partial charge in [-0.05, 0) is 53.7 Å². The minimum atomic E-state index is 0.600. The van der Waals surface area contributed by atoms with E-state index >= 15 is 0 Å². The third-order valence-corrected chi connectivity index (χ3v) is 4.92. The summed E-state index contributed by atoms with van der Waals surface area (Å²) in [5.41, 5.74) is 1.01. The zero-order valence-corrected chi connectivity index (χ0v) is 15.2. The third kappa shape index (κ3) is 3.89. The summed E-state index contributed by atoms with van der Waals surface area (Å²) in [7, 11) is 1.65. The Labute approximate surface area is 140 Å². The van der Waals surface area contributed by atoms with E-state index in [2.05, 4.69) is 27.8 Å². The molecule has 0 N–H and O–H groups in total. The second-order valence-corrected chi connectivity index (χ2v) is 6.64. The minimum Gasteiger partial charge on any atom is -0.493 e. The third-order valence-electron chi connectivity index (χ3n) is 3.84. The number of hydrogen-bond donors (Lipinski definition) is 0. The van der Waals surface area contributed by atoms with Crippen LogP contribution in [0.4, 0.5) is 0 Å².